The van der Waals surface area contributed by atoms with Crippen LogP contribution in [0.4, 0.5) is 5.82 Å². The van der Waals surface area contributed by atoms with Crippen molar-refractivity contribution in [2.24, 2.45) is 0 Å². The molecular formula is C16H19N3O3S. The first-order chi connectivity index (χ1) is 11.1. The standard InChI is InChI=1S/C16H19N3O3S/c1-12(20)23-9-5-13-11-18(7-8-22-13)15-10-16(21)19-6-3-2-4-14(19)17-15/h2-4,6,10,13H,5,7-9,11H2,1H3. The first kappa shape index (κ1) is 16.0. The minimum Gasteiger partial charge on any atom is -0.375 e. The van der Waals surface area contributed by atoms with Crippen LogP contribution in [0, 0.1) is 0 Å². The summed E-state index contributed by atoms with van der Waals surface area (Å²) in [5, 5.41) is 0.127. The number of carbonyl (C=O) groups is 1. The Morgan fingerprint density at radius 1 is 1.48 bits per heavy atom. The Labute approximate surface area is 138 Å². The Balaban J connectivity index is 1.73. The number of carbonyl (C=O) groups excluding carboxylic acids is 1. The van der Waals surface area contributed by atoms with Gasteiger partial charge in [0.25, 0.3) is 5.56 Å². The van der Waals surface area contributed by atoms with E-state index in [0.29, 0.717) is 31.2 Å². The van der Waals surface area contributed by atoms with Crippen LogP contribution in [0.5, 0.6) is 0 Å². The highest BCUT2D eigenvalue weighted by molar-refractivity contribution is 8.13. The quantitative estimate of drug-likeness (QED) is 0.846. The molecule has 0 amide bonds. The van der Waals surface area contributed by atoms with Crippen LogP contribution in [-0.2, 0) is 9.53 Å². The summed E-state index contributed by atoms with van der Waals surface area (Å²) in [5.41, 5.74) is 0.561. The fraction of sp³-hybridized carbons (Fsp3) is 0.438. The fourth-order valence-corrected chi connectivity index (χ4v) is 3.31. The van der Waals surface area contributed by atoms with Crippen molar-refractivity contribution in [2.75, 3.05) is 30.3 Å². The average molecular weight is 333 g/mol. The number of hydrogen-bond acceptors (Lipinski definition) is 6. The molecule has 1 atom stereocenters. The van der Waals surface area contributed by atoms with E-state index < -0.39 is 0 Å². The Morgan fingerprint density at radius 2 is 2.35 bits per heavy atom. The second-order valence-electron chi connectivity index (χ2n) is 5.45. The lowest BCUT2D eigenvalue weighted by Crippen LogP contribution is -2.43. The van der Waals surface area contributed by atoms with Gasteiger partial charge < -0.3 is 9.64 Å². The molecule has 1 saturated heterocycles. The Kier molecular flexibility index (Phi) is 4.97. The summed E-state index contributed by atoms with van der Waals surface area (Å²) in [6.45, 7) is 3.58. The molecule has 7 heteroatoms. The number of thioether (sulfide) groups is 1. The van der Waals surface area contributed by atoms with E-state index >= 15 is 0 Å². The van der Waals surface area contributed by atoms with Crippen molar-refractivity contribution >= 4 is 28.3 Å². The number of aromatic nitrogens is 2. The molecule has 2 aromatic heterocycles. The number of hydrogen-bond donors (Lipinski definition) is 0. The van der Waals surface area contributed by atoms with Gasteiger partial charge in [0.1, 0.15) is 11.5 Å². The Morgan fingerprint density at radius 3 is 3.17 bits per heavy atom. The zero-order valence-corrected chi connectivity index (χ0v) is 13.8. The van der Waals surface area contributed by atoms with Crippen LogP contribution < -0.4 is 10.5 Å². The van der Waals surface area contributed by atoms with Gasteiger partial charge in [-0.1, -0.05) is 17.8 Å². The molecule has 0 bridgehead atoms. The summed E-state index contributed by atoms with van der Waals surface area (Å²) in [7, 11) is 0. The van der Waals surface area contributed by atoms with Crippen molar-refractivity contribution in [1.82, 2.24) is 9.38 Å². The topological polar surface area (TPSA) is 63.9 Å². The molecule has 122 valence electrons. The second-order valence-corrected chi connectivity index (χ2v) is 6.72. The van der Waals surface area contributed by atoms with Crippen molar-refractivity contribution in [3.05, 3.63) is 40.8 Å². The largest absolute Gasteiger partial charge is 0.375 e. The van der Waals surface area contributed by atoms with Gasteiger partial charge in [-0.05, 0) is 18.6 Å². The molecule has 3 rings (SSSR count). The fourth-order valence-electron chi connectivity index (χ4n) is 2.64. The van der Waals surface area contributed by atoms with E-state index in [0.717, 1.165) is 12.2 Å². The molecule has 2 aromatic rings. The molecule has 1 fully saturated rings. The van der Waals surface area contributed by atoms with E-state index in [-0.39, 0.29) is 16.8 Å². The number of morpholine rings is 1. The summed E-state index contributed by atoms with van der Waals surface area (Å²) in [5.74, 6) is 1.44. The third-order valence-corrected chi connectivity index (χ3v) is 4.61. The van der Waals surface area contributed by atoms with Gasteiger partial charge in [0, 0.05) is 38.0 Å². The van der Waals surface area contributed by atoms with Crippen LogP contribution in [0.25, 0.3) is 5.65 Å². The Hall–Kier alpha value is -1.86. The monoisotopic (exact) mass is 333 g/mol. The number of fused-ring (bicyclic) bond motifs is 1. The lowest BCUT2D eigenvalue weighted by molar-refractivity contribution is -0.109. The maximum atomic E-state index is 12.2. The van der Waals surface area contributed by atoms with Gasteiger partial charge in [-0.2, -0.15) is 0 Å². The zero-order chi connectivity index (χ0) is 16.2. The van der Waals surface area contributed by atoms with Crippen LogP contribution in [0.2, 0.25) is 0 Å². The van der Waals surface area contributed by atoms with Crippen LogP contribution in [0.1, 0.15) is 13.3 Å². The molecule has 0 saturated carbocycles. The number of ether oxygens (including phenoxy) is 1. The van der Waals surface area contributed by atoms with Gasteiger partial charge in [-0.15, -0.1) is 0 Å². The highest BCUT2D eigenvalue weighted by Gasteiger charge is 2.22. The number of nitrogens with zero attached hydrogens (tertiary/aromatic N) is 3. The number of anilines is 1. The van der Waals surface area contributed by atoms with E-state index in [1.807, 2.05) is 18.2 Å². The third kappa shape index (κ3) is 3.92. The van der Waals surface area contributed by atoms with Crippen molar-refractivity contribution in [1.29, 1.82) is 0 Å². The Bertz CT molecular complexity index is 762. The summed E-state index contributed by atoms with van der Waals surface area (Å²) in [4.78, 5) is 29.9. The van der Waals surface area contributed by atoms with E-state index in [1.165, 1.54) is 16.2 Å². The van der Waals surface area contributed by atoms with E-state index in [4.69, 9.17) is 4.74 Å². The molecule has 1 aliphatic rings. The minimum absolute atomic E-state index is 0.0617. The molecule has 0 spiro atoms. The van der Waals surface area contributed by atoms with E-state index in [1.54, 1.807) is 19.2 Å². The van der Waals surface area contributed by atoms with Crippen LogP contribution in [0.3, 0.4) is 0 Å². The second kappa shape index (κ2) is 7.14. The first-order valence-corrected chi connectivity index (χ1v) is 8.60. The molecule has 0 radical (unpaired) electrons. The zero-order valence-electron chi connectivity index (χ0n) is 13.0. The lowest BCUT2D eigenvalue weighted by Gasteiger charge is -2.33. The van der Waals surface area contributed by atoms with Crippen molar-refractivity contribution in [2.45, 2.75) is 19.4 Å². The molecule has 0 aromatic carbocycles. The van der Waals surface area contributed by atoms with Crippen molar-refractivity contribution in [3.8, 4) is 0 Å². The lowest BCUT2D eigenvalue weighted by atomic mass is 10.2. The highest BCUT2D eigenvalue weighted by atomic mass is 32.2. The number of pyridine rings is 1. The predicted molar refractivity (Wildman–Crippen MR) is 91.2 cm³/mol. The molecule has 3 heterocycles. The van der Waals surface area contributed by atoms with Crippen LogP contribution >= 0.6 is 11.8 Å². The summed E-state index contributed by atoms with van der Waals surface area (Å²) in [6.07, 6.45) is 2.59. The van der Waals surface area contributed by atoms with Gasteiger partial charge >= 0.3 is 0 Å². The highest BCUT2D eigenvalue weighted by Crippen LogP contribution is 2.18. The summed E-state index contributed by atoms with van der Waals surface area (Å²) in [6, 6.07) is 7.08. The van der Waals surface area contributed by atoms with E-state index in [9.17, 15) is 9.59 Å². The molecule has 0 aliphatic carbocycles. The smallest absolute Gasteiger partial charge is 0.259 e. The predicted octanol–water partition coefficient (Wildman–Crippen LogP) is 1.57. The van der Waals surface area contributed by atoms with E-state index in [2.05, 4.69) is 9.88 Å². The molecule has 1 unspecified atom stereocenters. The summed E-state index contributed by atoms with van der Waals surface area (Å²) >= 11 is 1.32. The first-order valence-electron chi connectivity index (χ1n) is 7.62. The van der Waals surface area contributed by atoms with Gasteiger partial charge in [0.15, 0.2) is 5.12 Å². The summed E-state index contributed by atoms with van der Waals surface area (Å²) < 4.78 is 7.28. The van der Waals surface area contributed by atoms with Gasteiger partial charge in [0.2, 0.25) is 0 Å². The molecule has 6 nitrogen and oxygen atoms in total. The maximum Gasteiger partial charge on any atom is 0.259 e. The normalized spacial score (nSPS) is 18.3. The molecule has 23 heavy (non-hydrogen) atoms. The van der Waals surface area contributed by atoms with Gasteiger partial charge in [0.05, 0.1) is 12.7 Å². The maximum absolute atomic E-state index is 12.2. The van der Waals surface area contributed by atoms with Crippen LogP contribution in [0.15, 0.2) is 35.3 Å². The third-order valence-electron chi connectivity index (χ3n) is 3.77. The molecular weight excluding hydrogens is 314 g/mol. The average Bonchev–Trinajstić information content (AvgIpc) is 2.55. The molecule has 0 N–H and O–H groups in total. The van der Waals surface area contributed by atoms with Gasteiger partial charge in [-0.3, -0.25) is 14.0 Å². The SMILES string of the molecule is CC(=O)SCCC1CN(c2cc(=O)n3ccccc3n2)CCO1. The van der Waals surface area contributed by atoms with Gasteiger partial charge in [-0.25, -0.2) is 4.98 Å². The van der Waals surface area contributed by atoms with Crippen molar-refractivity contribution in [3.63, 3.8) is 0 Å². The van der Waals surface area contributed by atoms with Crippen LogP contribution in [-0.4, -0.2) is 46.1 Å². The molecule has 1 aliphatic heterocycles. The minimum atomic E-state index is -0.0826. The van der Waals surface area contributed by atoms with Crippen molar-refractivity contribution < 1.29 is 9.53 Å². The number of rotatable bonds is 4.